The van der Waals surface area contributed by atoms with Crippen LogP contribution in [0.2, 0.25) is 0 Å². The molecule has 1 amide bonds. The van der Waals surface area contributed by atoms with E-state index in [1.165, 1.54) is 12.1 Å². The van der Waals surface area contributed by atoms with Crippen LogP contribution in [0.25, 0.3) is 0 Å². The fourth-order valence-electron chi connectivity index (χ4n) is 2.76. The molecule has 2 aromatic carbocycles. The third kappa shape index (κ3) is 4.80. The Morgan fingerprint density at radius 3 is 2.21 bits per heavy atom. The minimum atomic E-state index is -4.41. The smallest absolute Gasteiger partial charge is 0.416 e. The zero-order valence-corrected chi connectivity index (χ0v) is 15.0. The molecular formula is C21H19F3N2O2. The summed E-state index contributed by atoms with van der Waals surface area (Å²) in [6, 6.07) is 16.4. The highest BCUT2D eigenvalue weighted by Gasteiger charge is 2.30. The molecule has 3 aromatic rings. The monoisotopic (exact) mass is 388 g/mol. The Morgan fingerprint density at radius 2 is 1.64 bits per heavy atom. The van der Waals surface area contributed by atoms with Crippen molar-refractivity contribution >= 4 is 11.6 Å². The molecule has 1 aromatic heterocycles. The Balaban J connectivity index is 1.70. The van der Waals surface area contributed by atoms with E-state index < -0.39 is 17.8 Å². The van der Waals surface area contributed by atoms with Crippen molar-refractivity contribution < 1.29 is 22.4 Å². The minimum Gasteiger partial charge on any atom is -0.467 e. The summed E-state index contributed by atoms with van der Waals surface area (Å²) in [6.07, 6.45) is -2.86. The van der Waals surface area contributed by atoms with Crippen LogP contribution in [0.4, 0.5) is 18.9 Å². The van der Waals surface area contributed by atoms with E-state index in [0.29, 0.717) is 11.4 Å². The molecule has 0 fully saturated rings. The molecule has 3 rings (SSSR count). The number of alkyl halides is 3. The molecule has 4 nitrogen and oxygen atoms in total. The zero-order valence-electron chi connectivity index (χ0n) is 15.0. The summed E-state index contributed by atoms with van der Waals surface area (Å²) in [5, 5.41) is 5.83. The van der Waals surface area contributed by atoms with Crippen LogP contribution in [0.15, 0.2) is 77.4 Å². The van der Waals surface area contributed by atoms with Gasteiger partial charge in [-0.05, 0) is 48.9 Å². The standard InChI is InChI=1S/C21H19F3N2O2/c1-14(20(27)26-17-11-9-16(10-12-17)21(22,23)24)25-19(18-8-5-13-28-18)15-6-3-2-4-7-15/h2-14,19,25H,1H3,(H,26,27)/t14-,19+/m1/s1. The first-order chi connectivity index (χ1) is 13.3. The highest BCUT2D eigenvalue weighted by atomic mass is 19.4. The fraction of sp³-hybridized carbons (Fsp3) is 0.190. The molecule has 0 saturated carbocycles. The summed E-state index contributed by atoms with van der Waals surface area (Å²) in [4.78, 5) is 12.5. The van der Waals surface area contributed by atoms with Crippen LogP contribution >= 0.6 is 0 Å². The van der Waals surface area contributed by atoms with Gasteiger partial charge in [0.05, 0.1) is 23.9 Å². The average molecular weight is 388 g/mol. The van der Waals surface area contributed by atoms with Gasteiger partial charge in [-0.25, -0.2) is 0 Å². The Morgan fingerprint density at radius 1 is 0.964 bits per heavy atom. The summed E-state index contributed by atoms with van der Waals surface area (Å²) in [5.41, 5.74) is 0.450. The van der Waals surface area contributed by atoms with Gasteiger partial charge in [0.1, 0.15) is 5.76 Å². The van der Waals surface area contributed by atoms with Gasteiger partial charge in [0.2, 0.25) is 5.91 Å². The summed E-state index contributed by atoms with van der Waals surface area (Å²) < 4.78 is 43.4. The number of halogens is 3. The SMILES string of the molecule is C[C@@H](N[C@@H](c1ccccc1)c1ccco1)C(=O)Nc1ccc(C(F)(F)F)cc1. The second-order valence-electron chi connectivity index (χ2n) is 6.31. The largest absolute Gasteiger partial charge is 0.467 e. The Labute approximate surface area is 160 Å². The number of amides is 1. The van der Waals surface area contributed by atoms with E-state index in [4.69, 9.17) is 4.42 Å². The van der Waals surface area contributed by atoms with Crippen molar-refractivity contribution in [1.29, 1.82) is 0 Å². The molecule has 7 heteroatoms. The molecule has 2 N–H and O–H groups in total. The second kappa shape index (κ2) is 8.31. The van der Waals surface area contributed by atoms with Crippen molar-refractivity contribution in [2.45, 2.75) is 25.2 Å². The quantitative estimate of drug-likeness (QED) is 0.625. The van der Waals surface area contributed by atoms with Gasteiger partial charge >= 0.3 is 6.18 Å². The Bertz CT molecular complexity index is 892. The van der Waals surface area contributed by atoms with Crippen molar-refractivity contribution in [1.82, 2.24) is 5.32 Å². The van der Waals surface area contributed by atoms with Gasteiger partial charge in [0.25, 0.3) is 0 Å². The molecule has 0 bridgehead atoms. The van der Waals surface area contributed by atoms with Crippen molar-refractivity contribution in [2.75, 3.05) is 5.32 Å². The number of carbonyl (C=O) groups excluding carboxylic acids is 1. The van der Waals surface area contributed by atoms with Crippen LogP contribution in [-0.4, -0.2) is 11.9 Å². The van der Waals surface area contributed by atoms with Gasteiger partial charge in [-0.2, -0.15) is 13.2 Å². The number of hydrogen-bond donors (Lipinski definition) is 2. The number of rotatable bonds is 6. The van der Waals surface area contributed by atoms with Crippen LogP contribution in [0.3, 0.4) is 0 Å². The molecule has 28 heavy (non-hydrogen) atoms. The van der Waals surface area contributed by atoms with Crippen molar-refractivity contribution in [3.8, 4) is 0 Å². The van der Waals surface area contributed by atoms with Crippen molar-refractivity contribution in [3.05, 3.63) is 89.9 Å². The highest BCUT2D eigenvalue weighted by Crippen LogP contribution is 2.30. The molecule has 1 heterocycles. The lowest BCUT2D eigenvalue weighted by Crippen LogP contribution is -2.40. The topological polar surface area (TPSA) is 54.3 Å². The van der Waals surface area contributed by atoms with Crippen LogP contribution in [0.5, 0.6) is 0 Å². The average Bonchev–Trinajstić information content (AvgIpc) is 3.20. The number of anilines is 1. The Kier molecular flexibility index (Phi) is 5.84. The fourth-order valence-corrected chi connectivity index (χ4v) is 2.76. The van der Waals surface area contributed by atoms with Crippen LogP contribution in [0, 0.1) is 0 Å². The molecule has 0 aliphatic rings. The van der Waals surface area contributed by atoms with Crippen molar-refractivity contribution in [2.24, 2.45) is 0 Å². The summed E-state index contributed by atoms with van der Waals surface area (Å²) in [6.45, 7) is 1.68. The van der Waals surface area contributed by atoms with Crippen LogP contribution < -0.4 is 10.6 Å². The Hall–Kier alpha value is -3.06. The minimum absolute atomic E-state index is 0.293. The first kappa shape index (κ1) is 19.7. The van der Waals surface area contributed by atoms with Gasteiger partial charge in [-0.1, -0.05) is 30.3 Å². The molecule has 0 aliphatic heterocycles. The van der Waals surface area contributed by atoms with Gasteiger partial charge in [0.15, 0.2) is 0 Å². The lowest BCUT2D eigenvalue weighted by Gasteiger charge is -2.22. The predicted octanol–water partition coefficient (Wildman–Crippen LogP) is 5.00. The predicted molar refractivity (Wildman–Crippen MR) is 99.7 cm³/mol. The summed E-state index contributed by atoms with van der Waals surface area (Å²) in [7, 11) is 0. The van der Waals surface area contributed by atoms with Crippen LogP contribution in [0.1, 0.15) is 29.9 Å². The van der Waals surface area contributed by atoms with E-state index in [2.05, 4.69) is 10.6 Å². The molecule has 0 aliphatic carbocycles. The van der Waals surface area contributed by atoms with Crippen LogP contribution in [-0.2, 0) is 11.0 Å². The first-order valence-corrected chi connectivity index (χ1v) is 8.67. The highest BCUT2D eigenvalue weighted by molar-refractivity contribution is 5.94. The van der Waals surface area contributed by atoms with Gasteiger partial charge in [-0.3, -0.25) is 10.1 Å². The van der Waals surface area contributed by atoms with Gasteiger partial charge in [0, 0.05) is 5.69 Å². The third-order valence-electron chi connectivity index (χ3n) is 4.25. The lowest BCUT2D eigenvalue weighted by atomic mass is 10.0. The van der Waals surface area contributed by atoms with E-state index in [1.54, 1.807) is 19.3 Å². The van der Waals surface area contributed by atoms with E-state index >= 15 is 0 Å². The van der Waals surface area contributed by atoms with E-state index in [0.717, 1.165) is 17.7 Å². The maximum Gasteiger partial charge on any atom is 0.416 e. The van der Waals surface area contributed by atoms with E-state index in [-0.39, 0.29) is 11.9 Å². The lowest BCUT2D eigenvalue weighted by molar-refractivity contribution is -0.137. The summed E-state index contributed by atoms with van der Waals surface area (Å²) >= 11 is 0. The summed E-state index contributed by atoms with van der Waals surface area (Å²) in [5.74, 6) is 0.285. The molecule has 2 atom stereocenters. The number of nitrogens with one attached hydrogen (secondary N) is 2. The number of carbonyl (C=O) groups is 1. The molecule has 146 valence electrons. The molecule has 0 unspecified atom stereocenters. The number of hydrogen-bond acceptors (Lipinski definition) is 3. The number of benzene rings is 2. The van der Waals surface area contributed by atoms with Gasteiger partial charge in [-0.15, -0.1) is 0 Å². The van der Waals surface area contributed by atoms with E-state index in [1.807, 2.05) is 36.4 Å². The maximum atomic E-state index is 12.6. The molecule has 0 saturated heterocycles. The number of furan rings is 1. The first-order valence-electron chi connectivity index (χ1n) is 8.67. The van der Waals surface area contributed by atoms with Gasteiger partial charge < -0.3 is 9.73 Å². The molecule has 0 radical (unpaired) electrons. The second-order valence-corrected chi connectivity index (χ2v) is 6.31. The van der Waals surface area contributed by atoms with Crippen molar-refractivity contribution in [3.63, 3.8) is 0 Å². The third-order valence-corrected chi connectivity index (χ3v) is 4.25. The normalized spacial score (nSPS) is 13.7. The van der Waals surface area contributed by atoms with E-state index in [9.17, 15) is 18.0 Å². The molecule has 0 spiro atoms. The maximum absolute atomic E-state index is 12.6. The zero-order chi connectivity index (χ0) is 20.1. The molecular weight excluding hydrogens is 369 g/mol.